The zero-order chi connectivity index (χ0) is 15.4. The normalized spacial score (nSPS) is 17.4. The summed E-state index contributed by atoms with van der Waals surface area (Å²) in [5.74, 6) is 0.966. The van der Waals surface area contributed by atoms with E-state index < -0.39 is 0 Å². The molecule has 0 saturated carbocycles. The Balaban J connectivity index is 0.00000192. The van der Waals surface area contributed by atoms with Crippen LogP contribution < -0.4 is 5.32 Å². The molecule has 2 aromatic rings. The zero-order valence-corrected chi connectivity index (χ0v) is 15.2. The van der Waals surface area contributed by atoms with E-state index in [1.54, 1.807) is 11.3 Å². The quantitative estimate of drug-likeness (QED) is 0.859. The summed E-state index contributed by atoms with van der Waals surface area (Å²) in [5, 5.41) is 6.81. The number of aryl methyl sites for hydroxylation is 1. The minimum absolute atomic E-state index is 0. The number of rotatable bonds is 6. The molecule has 0 aliphatic carbocycles. The van der Waals surface area contributed by atoms with E-state index in [1.807, 2.05) is 11.9 Å². The summed E-state index contributed by atoms with van der Waals surface area (Å²) in [5.41, 5.74) is 1.39. The van der Waals surface area contributed by atoms with Gasteiger partial charge in [0.25, 0.3) is 0 Å². The molecule has 1 amide bonds. The van der Waals surface area contributed by atoms with Crippen LogP contribution in [-0.2, 0) is 11.2 Å². The van der Waals surface area contributed by atoms with Gasteiger partial charge in [-0.1, -0.05) is 18.2 Å². The number of carbonyl (C=O) groups excluding carboxylic acids is 1. The molecule has 1 aromatic heterocycles. The van der Waals surface area contributed by atoms with E-state index >= 15 is 0 Å². The van der Waals surface area contributed by atoms with Crippen molar-refractivity contribution in [2.24, 2.45) is 5.92 Å². The predicted molar refractivity (Wildman–Crippen MR) is 101 cm³/mol. The third kappa shape index (κ3) is 4.46. The highest BCUT2D eigenvalue weighted by Crippen LogP contribution is 2.27. The molecule has 1 fully saturated rings. The molecule has 5 heteroatoms. The first kappa shape index (κ1) is 18.2. The van der Waals surface area contributed by atoms with E-state index in [0.717, 1.165) is 38.9 Å². The van der Waals surface area contributed by atoms with Gasteiger partial charge in [0, 0.05) is 24.2 Å². The predicted octanol–water partition coefficient (Wildman–Crippen LogP) is 3.71. The number of thiophene rings is 1. The van der Waals surface area contributed by atoms with Crippen LogP contribution in [0.4, 0.5) is 0 Å². The molecule has 0 bridgehead atoms. The van der Waals surface area contributed by atoms with Gasteiger partial charge in [-0.05, 0) is 61.2 Å². The average molecular weight is 353 g/mol. The van der Waals surface area contributed by atoms with Crippen molar-refractivity contribution in [3.05, 3.63) is 35.2 Å². The first-order valence-corrected chi connectivity index (χ1v) is 9.03. The molecule has 2 heterocycles. The molecule has 1 unspecified atom stereocenters. The van der Waals surface area contributed by atoms with Crippen LogP contribution in [0.3, 0.4) is 0 Å². The second kappa shape index (κ2) is 8.67. The van der Waals surface area contributed by atoms with Crippen LogP contribution in [0.5, 0.6) is 0 Å². The Morgan fingerprint density at radius 1 is 1.39 bits per heavy atom. The van der Waals surface area contributed by atoms with Gasteiger partial charge in [0.05, 0.1) is 0 Å². The van der Waals surface area contributed by atoms with Gasteiger partial charge < -0.3 is 10.2 Å². The Labute approximate surface area is 148 Å². The third-order valence-corrected chi connectivity index (χ3v) is 5.54. The minimum atomic E-state index is 0. The lowest BCUT2D eigenvalue weighted by Gasteiger charge is -2.16. The molecular weight excluding hydrogens is 328 g/mol. The lowest BCUT2D eigenvalue weighted by Crippen LogP contribution is -2.30. The molecule has 0 radical (unpaired) electrons. The van der Waals surface area contributed by atoms with Gasteiger partial charge >= 0.3 is 0 Å². The van der Waals surface area contributed by atoms with Crippen molar-refractivity contribution in [1.82, 2.24) is 10.2 Å². The van der Waals surface area contributed by atoms with Crippen LogP contribution in [0.25, 0.3) is 10.1 Å². The number of amides is 1. The Hall–Kier alpha value is -1.10. The van der Waals surface area contributed by atoms with E-state index in [4.69, 9.17) is 0 Å². The number of nitrogens with one attached hydrogen (secondary N) is 1. The average Bonchev–Trinajstić information content (AvgIpc) is 3.15. The number of carbonyl (C=O) groups is 1. The largest absolute Gasteiger partial charge is 0.342 e. The van der Waals surface area contributed by atoms with Crippen molar-refractivity contribution in [3.63, 3.8) is 0 Å². The number of hydrogen-bond donors (Lipinski definition) is 1. The van der Waals surface area contributed by atoms with Crippen molar-refractivity contribution in [1.29, 1.82) is 0 Å². The summed E-state index contributed by atoms with van der Waals surface area (Å²) >= 11 is 1.80. The molecule has 1 aliphatic rings. The summed E-state index contributed by atoms with van der Waals surface area (Å²) in [6.45, 7) is 2.89. The summed E-state index contributed by atoms with van der Waals surface area (Å²) in [6.07, 6.45) is 3.77. The highest BCUT2D eigenvalue weighted by Gasteiger charge is 2.25. The SMILES string of the molecule is CNCC1CCN(C(=O)CCCc2csc3ccccc23)C1.Cl. The highest BCUT2D eigenvalue weighted by atomic mass is 35.5. The molecule has 3 nitrogen and oxygen atoms in total. The van der Waals surface area contributed by atoms with Crippen molar-refractivity contribution in [3.8, 4) is 0 Å². The number of likely N-dealkylation sites (tertiary alicyclic amines) is 1. The molecule has 1 saturated heterocycles. The molecule has 1 aliphatic heterocycles. The summed E-state index contributed by atoms with van der Waals surface area (Å²) < 4.78 is 1.35. The fourth-order valence-corrected chi connectivity index (χ4v) is 4.33. The molecule has 126 valence electrons. The van der Waals surface area contributed by atoms with Crippen molar-refractivity contribution >= 4 is 39.7 Å². The highest BCUT2D eigenvalue weighted by molar-refractivity contribution is 7.17. The molecule has 23 heavy (non-hydrogen) atoms. The topological polar surface area (TPSA) is 32.3 Å². The second-order valence-corrected chi connectivity index (χ2v) is 7.07. The molecular formula is C18H25ClN2OS. The lowest BCUT2D eigenvalue weighted by molar-refractivity contribution is -0.130. The van der Waals surface area contributed by atoms with Crippen molar-refractivity contribution < 1.29 is 4.79 Å². The monoisotopic (exact) mass is 352 g/mol. The maximum atomic E-state index is 12.3. The maximum absolute atomic E-state index is 12.3. The van der Waals surface area contributed by atoms with Crippen LogP contribution in [0.2, 0.25) is 0 Å². The standard InChI is InChI=1S/C18H24N2OS.ClH/c1-19-11-14-9-10-20(12-14)18(21)8-4-5-15-13-22-17-7-3-2-6-16(15)17;/h2-3,6-7,13-14,19H,4-5,8-12H2,1H3;1H. The number of fused-ring (bicyclic) bond motifs is 1. The van der Waals surface area contributed by atoms with E-state index in [1.165, 1.54) is 15.6 Å². The number of benzene rings is 1. The molecule has 1 atom stereocenters. The fourth-order valence-electron chi connectivity index (χ4n) is 3.33. The smallest absolute Gasteiger partial charge is 0.222 e. The fraction of sp³-hybridized carbons (Fsp3) is 0.500. The zero-order valence-electron chi connectivity index (χ0n) is 13.6. The van der Waals surface area contributed by atoms with Gasteiger partial charge in [-0.25, -0.2) is 0 Å². The van der Waals surface area contributed by atoms with E-state index in [-0.39, 0.29) is 12.4 Å². The van der Waals surface area contributed by atoms with Gasteiger partial charge in [-0.2, -0.15) is 0 Å². The first-order chi connectivity index (χ1) is 10.8. The molecule has 3 rings (SSSR count). The summed E-state index contributed by atoms with van der Waals surface area (Å²) in [7, 11) is 1.98. The van der Waals surface area contributed by atoms with Gasteiger partial charge in [-0.3, -0.25) is 4.79 Å². The molecule has 0 spiro atoms. The number of nitrogens with zero attached hydrogens (tertiary/aromatic N) is 1. The second-order valence-electron chi connectivity index (χ2n) is 6.16. The first-order valence-electron chi connectivity index (χ1n) is 8.15. The molecule has 1 N–H and O–H groups in total. The van der Waals surface area contributed by atoms with Crippen LogP contribution in [0.15, 0.2) is 29.6 Å². The van der Waals surface area contributed by atoms with E-state index in [0.29, 0.717) is 18.2 Å². The van der Waals surface area contributed by atoms with Gasteiger partial charge in [0.2, 0.25) is 5.91 Å². The van der Waals surface area contributed by atoms with Gasteiger partial charge in [0.15, 0.2) is 0 Å². The Morgan fingerprint density at radius 2 is 2.22 bits per heavy atom. The van der Waals surface area contributed by atoms with Crippen molar-refractivity contribution in [2.75, 3.05) is 26.7 Å². The summed E-state index contributed by atoms with van der Waals surface area (Å²) in [6, 6.07) is 8.53. The van der Waals surface area contributed by atoms with E-state index in [9.17, 15) is 4.79 Å². The number of halogens is 1. The third-order valence-electron chi connectivity index (χ3n) is 4.53. The Morgan fingerprint density at radius 3 is 3.04 bits per heavy atom. The van der Waals surface area contributed by atoms with E-state index in [2.05, 4.69) is 35.0 Å². The van der Waals surface area contributed by atoms with Crippen LogP contribution in [0, 0.1) is 5.92 Å². The van der Waals surface area contributed by atoms with Gasteiger partial charge in [0.1, 0.15) is 0 Å². The van der Waals surface area contributed by atoms with Gasteiger partial charge in [-0.15, -0.1) is 23.7 Å². The number of hydrogen-bond acceptors (Lipinski definition) is 3. The summed E-state index contributed by atoms with van der Waals surface area (Å²) in [4.78, 5) is 14.3. The van der Waals surface area contributed by atoms with Crippen LogP contribution in [-0.4, -0.2) is 37.5 Å². The van der Waals surface area contributed by atoms with Crippen LogP contribution in [0.1, 0.15) is 24.8 Å². The minimum Gasteiger partial charge on any atom is -0.342 e. The lowest BCUT2D eigenvalue weighted by atomic mass is 10.1. The van der Waals surface area contributed by atoms with Crippen LogP contribution >= 0.6 is 23.7 Å². The maximum Gasteiger partial charge on any atom is 0.222 e. The Kier molecular flexibility index (Phi) is 6.88. The van der Waals surface area contributed by atoms with Crippen molar-refractivity contribution in [2.45, 2.75) is 25.7 Å². The Bertz CT molecular complexity index is 643. The molecule has 1 aromatic carbocycles.